The summed E-state index contributed by atoms with van der Waals surface area (Å²) >= 11 is 2.92. The number of hydrogen-bond donors (Lipinski definition) is 1. The highest BCUT2D eigenvalue weighted by Crippen LogP contribution is 2.25. The van der Waals surface area contributed by atoms with E-state index in [9.17, 15) is 9.18 Å². The van der Waals surface area contributed by atoms with Crippen molar-refractivity contribution in [2.24, 2.45) is 0 Å². The molecule has 0 aliphatic rings. The van der Waals surface area contributed by atoms with Crippen molar-refractivity contribution in [3.05, 3.63) is 48.3 Å². The van der Waals surface area contributed by atoms with Gasteiger partial charge in [0.2, 0.25) is 5.13 Å². The van der Waals surface area contributed by atoms with Gasteiger partial charge in [0.05, 0.1) is 6.54 Å². The van der Waals surface area contributed by atoms with Gasteiger partial charge in [0.1, 0.15) is 5.82 Å². The molecule has 0 radical (unpaired) electrons. The van der Waals surface area contributed by atoms with Crippen LogP contribution in [-0.2, 0) is 0 Å². The fourth-order valence-electron chi connectivity index (χ4n) is 1.36. The molecule has 0 fully saturated rings. The van der Waals surface area contributed by atoms with Gasteiger partial charge in [-0.1, -0.05) is 29.2 Å². The Kier molecular flexibility index (Phi) is 5.25. The van der Waals surface area contributed by atoms with Crippen molar-refractivity contribution in [1.82, 2.24) is 10.2 Å². The fourth-order valence-corrected chi connectivity index (χ4v) is 2.87. The standard InChI is InChI=1S/C13H12FN3OS2/c1-2-7-19-13-17-16-12(20-13)15-8-11(18)9-3-5-10(14)6-4-9/h2-6H,1,7-8H2,(H,15,16). The summed E-state index contributed by atoms with van der Waals surface area (Å²) in [6.45, 7) is 3.73. The predicted octanol–water partition coefficient (Wildman–Crippen LogP) is 3.25. The zero-order chi connectivity index (χ0) is 14.4. The van der Waals surface area contributed by atoms with Crippen LogP contribution in [-0.4, -0.2) is 28.3 Å². The largest absolute Gasteiger partial charge is 0.353 e. The molecule has 0 aliphatic carbocycles. The van der Waals surface area contributed by atoms with Crippen molar-refractivity contribution in [3.8, 4) is 0 Å². The SMILES string of the molecule is C=CCSc1nnc(NCC(=O)c2ccc(F)cc2)s1. The molecule has 1 aromatic carbocycles. The van der Waals surface area contributed by atoms with Gasteiger partial charge in [-0.05, 0) is 24.3 Å². The quantitative estimate of drug-likeness (QED) is 0.483. The number of rotatable bonds is 7. The molecule has 0 saturated carbocycles. The Balaban J connectivity index is 1.88. The Labute approximate surface area is 124 Å². The van der Waals surface area contributed by atoms with Gasteiger partial charge >= 0.3 is 0 Å². The minimum Gasteiger partial charge on any atom is -0.353 e. The summed E-state index contributed by atoms with van der Waals surface area (Å²) in [7, 11) is 0. The summed E-state index contributed by atoms with van der Waals surface area (Å²) < 4.78 is 13.6. The molecule has 0 aliphatic heterocycles. The molecule has 7 heteroatoms. The van der Waals surface area contributed by atoms with Crippen LogP contribution in [0.25, 0.3) is 0 Å². The number of carbonyl (C=O) groups excluding carboxylic acids is 1. The van der Waals surface area contributed by atoms with E-state index in [0.717, 1.165) is 10.1 Å². The molecular weight excluding hydrogens is 297 g/mol. The summed E-state index contributed by atoms with van der Waals surface area (Å²) in [5, 5.41) is 11.4. The molecule has 1 N–H and O–H groups in total. The molecule has 0 bridgehead atoms. The average molecular weight is 309 g/mol. The molecule has 4 nitrogen and oxygen atoms in total. The van der Waals surface area contributed by atoms with Gasteiger partial charge < -0.3 is 5.32 Å². The molecule has 2 aromatic rings. The van der Waals surface area contributed by atoms with Crippen molar-refractivity contribution in [2.75, 3.05) is 17.6 Å². The molecule has 1 aromatic heterocycles. The normalized spacial score (nSPS) is 10.2. The first-order valence-corrected chi connectivity index (χ1v) is 7.59. The van der Waals surface area contributed by atoms with Gasteiger partial charge in [-0.2, -0.15) is 0 Å². The minimum atomic E-state index is -0.359. The number of Topliss-reactive ketones (excluding diaryl/α,β-unsaturated/α-hetero) is 1. The highest BCUT2D eigenvalue weighted by molar-refractivity contribution is 8.01. The van der Waals surface area contributed by atoms with Crippen molar-refractivity contribution >= 4 is 34.0 Å². The van der Waals surface area contributed by atoms with Crippen LogP contribution < -0.4 is 5.32 Å². The van der Waals surface area contributed by atoms with Crippen molar-refractivity contribution in [1.29, 1.82) is 0 Å². The second-order valence-electron chi connectivity index (χ2n) is 3.76. The van der Waals surface area contributed by atoms with Crippen LogP contribution in [0.1, 0.15) is 10.4 Å². The third kappa shape index (κ3) is 4.14. The summed E-state index contributed by atoms with van der Waals surface area (Å²) in [5.41, 5.74) is 0.463. The third-order valence-electron chi connectivity index (χ3n) is 2.30. The van der Waals surface area contributed by atoms with E-state index in [2.05, 4.69) is 22.1 Å². The summed E-state index contributed by atoms with van der Waals surface area (Å²) in [4.78, 5) is 11.9. The predicted molar refractivity (Wildman–Crippen MR) is 80.1 cm³/mol. The van der Waals surface area contributed by atoms with E-state index < -0.39 is 0 Å². The van der Waals surface area contributed by atoms with Gasteiger partial charge in [-0.15, -0.1) is 16.8 Å². The smallest absolute Gasteiger partial charge is 0.206 e. The Hall–Kier alpha value is -1.73. The number of nitrogens with one attached hydrogen (secondary N) is 1. The lowest BCUT2D eigenvalue weighted by Gasteiger charge is -2.01. The van der Waals surface area contributed by atoms with Crippen molar-refractivity contribution in [2.45, 2.75) is 4.34 Å². The van der Waals surface area contributed by atoms with Crippen LogP contribution in [0.2, 0.25) is 0 Å². The summed E-state index contributed by atoms with van der Waals surface area (Å²) in [6, 6.07) is 5.46. The number of anilines is 1. The molecule has 20 heavy (non-hydrogen) atoms. The topological polar surface area (TPSA) is 54.9 Å². The third-order valence-corrected chi connectivity index (χ3v) is 4.31. The number of thioether (sulfide) groups is 1. The molecular formula is C13H12FN3OS2. The molecule has 0 spiro atoms. The summed E-state index contributed by atoms with van der Waals surface area (Å²) in [6.07, 6.45) is 1.79. The van der Waals surface area contributed by atoms with Crippen LogP contribution in [0.15, 0.2) is 41.3 Å². The molecule has 0 atom stereocenters. The van der Waals surface area contributed by atoms with Crippen LogP contribution >= 0.6 is 23.1 Å². The number of aromatic nitrogens is 2. The monoisotopic (exact) mass is 309 g/mol. The average Bonchev–Trinajstić information content (AvgIpc) is 2.91. The van der Waals surface area contributed by atoms with Crippen LogP contribution in [0, 0.1) is 5.82 Å². The van der Waals surface area contributed by atoms with Crippen LogP contribution in [0.4, 0.5) is 9.52 Å². The Morgan fingerprint density at radius 3 is 2.85 bits per heavy atom. The maximum absolute atomic E-state index is 12.8. The van der Waals surface area contributed by atoms with Crippen LogP contribution in [0.3, 0.4) is 0 Å². The van der Waals surface area contributed by atoms with E-state index in [1.165, 1.54) is 47.4 Å². The van der Waals surface area contributed by atoms with Crippen molar-refractivity contribution in [3.63, 3.8) is 0 Å². The number of nitrogens with zero attached hydrogens (tertiary/aromatic N) is 2. The fraction of sp³-hybridized carbons (Fsp3) is 0.154. The first kappa shape index (κ1) is 14.7. The minimum absolute atomic E-state index is 0.104. The molecule has 1 heterocycles. The second-order valence-corrected chi connectivity index (χ2v) is 6.00. The number of ketones is 1. The van der Waals surface area contributed by atoms with E-state index in [1.54, 1.807) is 6.08 Å². The number of hydrogen-bond acceptors (Lipinski definition) is 6. The van der Waals surface area contributed by atoms with E-state index in [-0.39, 0.29) is 18.1 Å². The van der Waals surface area contributed by atoms with Gasteiger partial charge in [0.25, 0.3) is 0 Å². The summed E-state index contributed by atoms with van der Waals surface area (Å²) in [5.74, 6) is 0.284. The molecule has 0 saturated heterocycles. The van der Waals surface area contributed by atoms with Gasteiger partial charge in [0.15, 0.2) is 10.1 Å². The van der Waals surface area contributed by atoms with E-state index >= 15 is 0 Å². The Morgan fingerprint density at radius 1 is 1.40 bits per heavy atom. The van der Waals surface area contributed by atoms with Crippen molar-refractivity contribution < 1.29 is 9.18 Å². The first-order chi connectivity index (χ1) is 9.69. The maximum atomic E-state index is 12.8. The lowest BCUT2D eigenvalue weighted by Crippen LogP contribution is -2.13. The zero-order valence-electron chi connectivity index (χ0n) is 10.5. The first-order valence-electron chi connectivity index (χ1n) is 5.79. The Morgan fingerprint density at radius 2 is 2.15 bits per heavy atom. The Bertz CT molecular complexity index is 598. The molecule has 104 valence electrons. The van der Waals surface area contributed by atoms with Gasteiger partial charge in [-0.3, -0.25) is 4.79 Å². The zero-order valence-corrected chi connectivity index (χ0v) is 12.1. The maximum Gasteiger partial charge on any atom is 0.206 e. The van der Waals surface area contributed by atoms with Crippen LogP contribution in [0.5, 0.6) is 0 Å². The van der Waals surface area contributed by atoms with E-state index in [4.69, 9.17) is 0 Å². The van der Waals surface area contributed by atoms with Gasteiger partial charge in [0, 0.05) is 11.3 Å². The lowest BCUT2D eigenvalue weighted by molar-refractivity contribution is 0.101. The molecule has 0 amide bonds. The van der Waals surface area contributed by atoms with E-state index in [0.29, 0.717) is 10.7 Å². The second kappa shape index (κ2) is 7.16. The highest BCUT2D eigenvalue weighted by atomic mass is 32.2. The van der Waals surface area contributed by atoms with Gasteiger partial charge in [-0.25, -0.2) is 4.39 Å². The molecule has 0 unspecified atom stereocenters. The number of carbonyl (C=O) groups is 1. The number of benzene rings is 1. The lowest BCUT2D eigenvalue weighted by atomic mass is 10.1. The number of halogens is 1. The van der Waals surface area contributed by atoms with E-state index in [1.807, 2.05) is 0 Å². The highest BCUT2D eigenvalue weighted by Gasteiger charge is 2.08. The molecule has 2 rings (SSSR count).